The number of hydrogen-bond acceptors (Lipinski definition) is 9. The average Bonchev–Trinajstić information content (AvgIpc) is 2.71. The van der Waals surface area contributed by atoms with Crippen LogP contribution in [0.2, 0.25) is 6.82 Å². The molecule has 1 aromatic rings. The lowest BCUT2D eigenvalue weighted by molar-refractivity contribution is -0.384. The summed E-state index contributed by atoms with van der Waals surface area (Å²) in [5, 5.41) is 47.2. The summed E-state index contributed by atoms with van der Waals surface area (Å²) in [4.78, 5) is 45.9. The van der Waals surface area contributed by atoms with Gasteiger partial charge in [-0.1, -0.05) is 19.0 Å². The highest BCUT2D eigenvalue weighted by Gasteiger charge is 2.21. The molecule has 1 atom stereocenters. The van der Waals surface area contributed by atoms with Crippen LogP contribution in [0.3, 0.4) is 0 Å². The summed E-state index contributed by atoms with van der Waals surface area (Å²) >= 11 is 0. The third kappa shape index (κ3) is 11.0. The molecule has 0 saturated carbocycles. The molecule has 0 aromatic heterocycles. The highest BCUT2D eigenvalue weighted by molar-refractivity contribution is 6.48. The molecule has 31 heavy (non-hydrogen) atoms. The fourth-order valence-electron chi connectivity index (χ4n) is 2.36. The zero-order valence-corrected chi connectivity index (χ0v) is 16.9. The molecule has 0 spiro atoms. The van der Waals surface area contributed by atoms with Crippen LogP contribution in [0.4, 0.5) is 5.69 Å². The van der Waals surface area contributed by atoms with Crippen molar-refractivity contribution in [2.45, 2.75) is 25.6 Å². The topological polar surface area (TPSA) is 203 Å². The minimum absolute atomic E-state index is 0.0871. The lowest BCUT2D eigenvalue weighted by atomic mass is 9.72. The van der Waals surface area contributed by atoms with Gasteiger partial charge in [0.2, 0.25) is 17.7 Å². The SMILES string of the molecule is CB(O)CNC(Cc1ccc([N+](=O)[O-])cc1)C(=O)NCC(=O)NCC(=O)NCC(O)O. The van der Waals surface area contributed by atoms with Crippen LogP contribution in [0.25, 0.3) is 0 Å². The van der Waals surface area contributed by atoms with E-state index in [0.717, 1.165) is 0 Å². The number of nitro benzene ring substituents is 1. The molecule has 14 heteroatoms. The number of carbonyl (C=O) groups excluding carboxylic acids is 3. The second-order valence-electron chi connectivity index (χ2n) is 6.72. The van der Waals surface area contributed by atoms with Crippen molar-refractivity contribution in [1.29, 1.82) is 0 Å². The molecule has 170 valence electrons. The molecule has 0 radical (unpaired) electrons. The average molecular weight is 439 g/mol. The number of hydrogen-bond donors (Lipinski definition) is 7. The van der Waals surface area contributed by atoms with Gasteiger partial charge in [0.05, 0.1) is 30.6 Å². The van der Waals surface area contributed by atoms with Gasteiger partial charge in [-0.15, -0.1) is 0 Å². The fraction of sp³-hybridized carbons (Fsp3) is 0.471. The Bertz CT molecular complexity index is 759. The second-order valence-corrected chi connectivity index (χ2v) is 6.72. The third-order valence-electron chi connectivity index (χ3n) is 3.91. The Balaban J connectivity index is 2.58. The number of rotatable bonds is 13. The van der Waals surface area contributed by atoms with Crippen LogP contribution in [0.5, 0.6) is 0 Å². The van der Waals surface area contributed by atoms with Crippen molar-refractivity contribution in [2.24, 2.45) is 0 Å². The first kappa shape index (κ1) is 26.0. The van der Waals surface area contributed by atoms with Crippen LogP contribution in [0.15, 0.2) is 24.3 Å². The van der Waals surface area contributed by atoms with Crippen LogP contribution >= 0.6 is 0 Å². The fourth-order valence-corrected chi connectivity index (χ4v) is 2.36. The zero-order valence-electron chi connectivity index (χ0n) is 16.9. The quantitative estimate of drug-likeness (QED) is 0.0719. The van der Waals surface area contributed by atoms with Crippen molar-refractivity contribution in [1.82, 2.24) is 21.3 Å². The molecule has 0 bridgehead atoms. The highest BCUT2D eigenvalue weighted by Crippen LogP contribution is 2.13. The predicted molar refractivity (Wildman–Crippen MR) is 110 cm³/mol. The van der Waals surface area contributed by atoms with E-state index in [2.05, 4.69) is 21.3 Å². The van der Waals surface area contributed by atoms with Crippen LogP contribution in [0, 0.1) is 10.1 Å². The molecule has 0 aliphatic carbocycles. The Morgan fingerprint density at radius 2 is 1.65 bits per heavy atom. The summed E-state index contributed by atoms with van der Waals surface area (Å²) in [5.41, 5.74) is 0.548. The molecule has 0 saturated heterocycles. The van der Waals surface area contributed by atoms with Crippen LogP contribution < -0.4 is 21.3 Å². The van der Waals surface area contributed by atoms with Gasteiger partial charge in [0.15, 0.2) is 6.29 Å². The van der Waals surface area contributed by atoms with Crippen molar-refractivity contribution in [2.75, 3.05) is 26.1 Å². The minimum atomic E-state index is -1.71. The van der Waals surface area contributed by atoms with Crippen molar-refractivity contribution >= 4 is 30.3 Å². The monoisotopic (exact) mass is 439 g/mol. The van der Waals surface area contributed by atoms with E-state index in [1.807, 2.05) is 0 Å². The molecular formula is C17H26BN5O8. The summed E-state index contributed by atoms with van der Waals surface area (Å²) in [6.45, 7) is -0.408. The van der Waals surface area contributed by atoms with Gasteiger partial charge in [-0.3, -0.25) is 24.5 Å². The van der Waals surface area contributed by atoms with E-state index >= 15 is 0 Å². The van der Waals surface area contributed by atoms with Gasteiger partial charge in [0, 0.05) is 18.6 Å². The lowest BCUT2D eigenvalue weighted by Gasteiger charge is -2.19. The van der Waals surface area contributed by atoms with Gasteiger partial charge in [-0.2, -0.15) is 0 Å². The number of carbonyl (C=O) groups is 3. The van der Waals surface area contributed by atoms with Gasteiger partial charge in [0.1, 0.15) is 0 Å². The Kier molecular flexibility index (Phi) is 11.1. The summed E-state index contributed by atoms with van der Waals surface area (Å²) in [6, 6.07) is 4.83. The van der Waals surface area contributed by atoms with E-state index in [4.69, 9.17) is 10.2 Å². The molecule has 3 amide bonds. The molecule has 7 N–H and O–H groups in total. The predicted octanol–water partition coefficient (Wildman–Crippen LogP) is -3.09. The van der Waals surface area contributed by atoms with Crippen molar-refractivity contribution in [3.63, 3.8) is 0 Å². The molecule has 0 heterocycles. The number of non-ortho nitro benzene ring substituents is 1. The van der Waals surface area contributed by atoms with Crippen LogP contribution in [0.1, 0.15) is 5.56 Å². The molecule has 0 aliphatic heterocycles. The standard InChI is InChI=1S/C17H26BN5O8/c1-18(29)10-22-13(6-11-2-4-12(5-3-11)23(30)31)17(28)21-8-15(25)19-7-14(24)20-9-16(26)27/h2-5,13,16,22,26-27,29H,6-10H2,1H3,(H,19,25)(H,20,24)(H,21,28). The van der Waals surface area contributed by atoms with Crippen LogP contribution in [-0.2, 0) is 20.8 Å². The van der Waals surface area contributed by atoms with E-state index in [9.17, 15) is 29.5 Å². The number of benzene rings is 1. The molecule has 1 unspecified atom stereocenters. The number of aliphatic hydroxyl groups is 2. The summed E-state index contributed by atoms with van der Waals surface area (Å²) in [6.07, 6.45) is -1.45. The Hall–Kier alpha value is -3.07. The van der Waals surface area contributed by atoms with Crippen LogP contribution in [-0.4, -0.2) is 83.2 Å². The number of nitrogens with zero attached hydrogens (tertiary/aromatic N) is 1. The van der Waals surface area contributed by atoms with E-state index in [1.165, 1.54) is 31.1 Å². The van der Waals surface area contributed by atoms with E-state index in [1.54, 1.807) is 0 Å². The van der Waals surface area contributed by atoms with Gasteiger partial charge in [-0.05, 0) is 12.0 Å². The Morgan fingerprint density at radius 3 is 2.19 bits per heavy atom. The number of nitrogens with one attached hydrogen (secondary N) is 4. The van der Waals surface area contributed by atoms with Crippen molar-refractivity contribution in [3.8, 4) is 0 Å². The molecule has 1 aromatic carbocycles. The van der Waals surface area contributed by atoms with Gasteiger partial charge < -0.3 is 36.5 Å². The first-order valence-electron chi connectivity index (χ1n) is 9.40. The highest BCUT2D eigenvalue weighted by atomic mass is 16.6. The molecule has 0 aliphatic rings. The van der Waals surface area contributed by atoms with E-state index in [-0.39, 0.29) is 25.1 Å². The maximum atomic E-state index is 12.5. The van der Waals surface area contributed by atoms with Gasteiger partial charge in [-0.25, -0.2) is 0 Å². The summed E-state index contributed by atoms with van der Waals surface area (Å²) in [5.74, 6) is -1.82. The maximum Gasteiger partial charge on any atom is 0.299 e. The number of nitro groups is 1. The van der Waals surface area contributed by atoms with Gasteiger partial charge >= 0.3 is 0 Å². The molecule has 1 rings (SSSR count). The number of amides is 3. The number of aliphatic hydroxyl groups excluding tert-OH is 1. The summed E-state index contributed by atoms with van der Waals surface area (Å²) < 4.78 is 0. The normalized spacial score (nSPS) is 11.5. The molecule has 0 fully saturated rings. The summed E-state index contributed by atoms with van der Waals surface area (Å²) in [7, 11) is 0. The van der Waals surface area contributed by atoms with Crippen molar-refractivity contribution < 1.29 is 34.5 Å². The smallest absolute Gasteiger partial charge is 0.299 e. The first-order valence-corrected chi connectivity index (χ1v) is 9.40. The minimum Gasteiger partial charge on any atom is -0.449 e. The van der Waals surface area contributed by atoms with E-state index < -0.39 is 55.0 Å². The largest absolute Gasteiger partial charge is 0.449 e. The Morgan fingerprint density at radius 1 is 1.06 bits per heavy atom. The zero-order chi connectivity index (χ0) is 23.4. The molecular weight excluding hydrogens is 413 g/mol. The Labute approximate surface area is 178 Å². The lowest BCUT2D eigenvalue weighted by Crippen LogP contribution is -2.50. The first-order chi connectivity index (χ1) is 14.6. The van der Waals surface area contributed by atoms with E-state index in [0.29, 0.717) is 5.56 Å². The van der Waals surface area contributed by atoms with Crippen molar-refractivity contribution in [3.05, 3.63) is 39.9 Å². The van der Waals surface area contributed by atoms with Gasteiger partial charge in [0.25, 0.3) is 12.6 Å². The maximum absolute atomic E-state index is 12.5. The second kappa shape index (κ2) is 13.3. The molecule has 13 nitrogen and oxygen atoms in total. The third-order valence-corrected chi connectivity index (χ3v) is 3.91.